The predicted octanol–water partition coefficient (Wildman–Crippen LogP) is 8.59. The fraction of sp³-hybridized carbons (Fsp3) is 0.233. The van der Waals surface area contributed by atoms with Crippen LogP contribution >= 0.6 is 46.6 Å². The molecule has 1 aliphatic carbocycles. The van der Waals surface area contributed by atoms with Crippen LogP contribution in [-0.4, -0.2) is 33.4 Å². The molecule has 0 aromatic heterocycles. The first kappa shape index (κ1) is 34.7. The minimum atomic E-state index is -4.99. The lowest BCUT2D eigenvalue weighted by Crippen LogP contribution is -2.19. The molecule has 0 radical (unpaired) electrons. The number of benzene rings is 3. The maximum absolute atomic E-state index is 15.1. The number of Topliss-reactive ketones (excluding diaryl/α,β-unsaturated/α-hetero) is 1. The lowest BCUT2D eigenvalue weighted by Gasteiger charge is -2.13. The Morgan fingerprint density at radius 1 is 0.978 bits per heavy atom. The van der Waals surface area contributed by atoms with Crippen molar-refractivity contribution < 1.29 is 40.7 Å². The third-order valence-corrected chi connectivity index (χ3v) is 9.04. The minimum Gasteiger partial charge on any atom is -0.326 e. The number of carbonyl (C=O) groups excluding carboxylic acids is 3. The Kier molecular flexibility index (Phi) is 10.5. The van der Waals surface area contributed by atoms with Gasteiger partial charge in [0.25, 0.3) is 5.91 Å². The molecule has 0 aliphatic heterocycles. The van der Waals surface area contributed by atoms with Crippen LogP contribution in [0.1, 0.15) is 33.0 Å². The van der Waals surface area contributed by atoms with Crippen molar-refractivity contribution in [2.24, 2.45) is 5.92 Å². The quantitative estimate of drug-likeness (QED) is 0.0906. The van der Waals surface area contributed by atoms with E-state index in [0.29, 0.717) is 17.9 Å². The van der Waals surface area contributed by atoms with Crippen molar-refractivity contribution in [3.05, 3.63) is 106 Å². The predicted molar refractivity (Wildman–Crippen MR) is 163 cm³/mol. The highest BCUT2D eigenvalue weighted by molar-refractivity contribution is 8.00. The highest BCUT2D eigenvalue weighted by Crippen LogP contribution is 2.65. The highest BCUT2D eigenvalue weighted by Gasteiger charge is 2.67. The van der Waals surface area contributed by atoms with Gasteiger partial charge in [0, 0.05) is 29.3 Å². The first-order valence-electron chi connectivity index (χ1n) is 12.9. The van der Waals surface area contributed by atoms with Crippen LogP contribution in [0.5, 0.6) is 0 Å². The van der Waals surface area contributed by atoms with Gasteiger partial charge < -0.3 is 10.6 Å². The number of amides is 2. The molecule has 2 N–H and O–H groups in total. The Bertz CT molecular complexity index is 1690. The molecular weight excluding hydrogens is 689 g/mol. The summed E-state index contributed by atoms with van der Waals surface area (Å²) >= 11 is 19.8. The second-order valence-electron chi connectivity index (χ2n) is 9.91. The minimum absolute atomic E-state index is 0.00214. The van der Waals surface area contributed by atoms with Gasteiger partial charge in [-0.15, -0.1) is 41.5 Å². The monoisotopic (exact) mass is 708 g/mol. The molecule has 2 atom stereocenters. The number of rotatable bonds is 11. The Morgan fingerprint density at radius 2 is 1.67 bits per heavy atom. The lowest BCUT2D eigenvalue weighted by molar-refractivity contribution is -0.140. The average Bonchev–Trinajstić information content (AvgIpc) is 3.55. The SMILES string of the molecule is C=CCSCC(=O)Cc1c(F)ccc(NC(=O)c2cc(NC(=O)[C@H]3[C@H](c4ccc(F)c(C(F)(F)F)c4)C3(Cl)Cl)ccc2Cl)c1F. The smallest absolute Gasteiger partial charge is 0.326 e. The molecule has 3 aromatic carbocycles. The summed E-state index contributed by atoms with van der Waals surface area (Å²) in [5.74, 6) is -7.70. The van der Waals surface area contributed by atoms with Crippen LogP contribution in [0.3, 0.4) is 0 Å². The van der Waals surface area contributed by atoms with Gasteiger partial charge in [-0.25, -0.2) is 13.2 Å². The molecule has 238 valence electrons. The van der Waals surface area contributed by atoms with Crippen molar-refractivity contribution >= 4 is 75.5 Å². The van der Waals surface area contributed by atoms with Crippen molar-refractivity contribution in [3.63, 3.8) is 0 Å². The summed E-state index contributed by atoms with van der Waals surface area (Å²) in [5.41, 5.74) is -2.84. The first-order chi connectivity index (χ1) is 21.1. The highest BCUT2D eigenvalue weighted by atomic mass is 35.5. The third-order valence-electron chi connectivity index (χ3n) is 6.78. The number of hydrogen-bond donors (Lipinski definition) is 2. The van der Waals surface area contributed by atoms with Crippen molar-refractivity contribution in [2.75, 3.05) is 22.1 Å². The second-order valence-corrected chi connectivity index (χ2v) is 12.8. The first-order valence-corrected chi connectivity index (χ1v) is 15.2. The van der Waals surface area contributed by atoms with E-state index in [2.05, 4.69) is 17.2 Å². The maximum Gasteiger partial charge on any atom is 0.419 e. The summed E-state index contributed by atoms with van der Waals surface area (Å²) in [6, 6.07) is 7.74. The largest absolute Gasteiger partial charge is 0.419 e. The average molecular weight is 710 g/mol. The summed E-state index contributed by atoms with van der Waals surface area (Å²) in [4.78, 5) is 38.2. The van der Waals surface area contributed by atoms with Crippen LogP contribution in [0, 0.1) is 23.4 Å². The number of halogens is 9. The molecule has 0 heterocycles. The molecule has 45 heavy (non-hydrogen) atoms. The summed E-state index contributed by atoms with van der Waals surface area (Å²) in [5, 5.41) is 4.62. The number of anilines is 2. The van der Waals surface area contributed by atoms with Gasteiger partial charge in [-0.05, 0) is 48.0 Å². The molecule has 1 saturated carbocycles. The Hall–Kier alpha value is -3.19. The Labute approximate surface area is 272 Å². The second kappa shape index (κ2) is 13.7. The molecule has 1 aliphatic rings. The van der Waals surface area contributed by atoms with E-state index in [0.717, 1.165) is 24.3 Å². The lowest BCUT2D eigenvalue weighted by atomic mass is 10.0. The summed E-state index contributed by atoms with van der Waals surface area (Å²) in [7, 11) is 0. The van der Waals surface area contributed by atoms with Crippen molar-refractivity contribution in [1.29, 1.82) is 0 Å². The third kappa shape index (κ3) is 7.79. The van der Waals surface area contributed by atoms with E-state index in [4.69, 9.17) is 34.8 Å². The van der Waals surface area contributed by atoms with Gasteiger partial charge in [-0.2, -0.15) is 13.2 Å². The number of carbonyl (C=O) groups is 3. The number of hydrogen-bond acceptors (Lipinski definition) is 4. The molecule has 5 nitrogen and oxygen atoms in total. The van der Waals surface area contributed by atoms with Crippen molar-refractivity contribution in [3.8, 4) is 0 Å². The van der Waals surface area contributed by atoms with Crippen LogP contribution in [0.4, 0.5) is 37.7 Å². The van der Waals surface area contributed by atoms with Crippen LogP contribution in [0.2, 0.25) is 5.02 Å². The summed E-state index contributed by atoms with van der Waals surface area (Å²) in [6.07, 6.45) is -3.96. The molecule has 4 rings (SSSR count). The molecule has 15 heteroatoms. The normalized spacial score (nSPS) is 17.0. The van der Waals surface area contributed by atoms with E-state index in [-0.39, 0.29) is 27.6 Å². The molecule has 0 unspecified atom stereocenters. The Morgan fingerprint density at radius 3 is 2.33 bits per heavy atom. The summed E-state index contributed by atoms with van der Waals surface area (Å²) < 4.78 is 81.0. The molecule has 0 spiro atoms. The molecule has 3 aromatic rings. The van der Waals surface area contributed by atoms with E-state index >= 15 is 4.39 Å². The van der Waals surface area contributed by atoms with Gasteiger partial charge in [0.2, 0.25) is 5.91 Å². The number of thioether (sulfide) groups is 1. The standard InChI is InChI=1S/C30H21Cl3F6N2O3S/c1-2-9-45-13-16(42)12-18-21(34)7-8-23(26(18)36)41-27(43)17-11-15(4-5-20(17)31)40-28(44)25-24(29(25,32)33)14-3-6-22(35)19(10-14)30(37,38)39/h2-8,10-11,24-25H,1,9,12-13H2,(H,40,44)(H,41,43)/t24-,25+/m0/s1. The molecule has 1 fully saturated rings. The zero-order chi connectivity index (χ0) is 33.3. The fourth-order valence-corrected chi connectivity index (χ4v) is 6.21. The van der Waals surface area contributed by atoms with Crippen LogP contribution in [0.25, 0.3) is 0 Å². The van der Waals surface area contributed by atoms with Gasteiger partial charge in [0.1, 0.15) is 21.8 Å². The number of alkyl halides is 5. The van der Waals surface area contributed by atoms with Crippen molar-refractivity contribution in [2.45, 2.75) is 22.8 Å². The summed E-state index contributed by atoms with van der Waals surface area (Å²) in [6.45, 7) is 3.53. The number of ketones is 1. The molecule has 0 saturated heterocycles. The van der Waals surface area contributed by atoms with Gasteiger partial charge >= 0.3 is 6.18 Å². The van der Waals surface area contributed by atoms with Crippen LogP contribution < -0.4 is 10.6 Å². The van der Waals surface area contributed by atoms with Crippen molar-refractivity contribution in [1.82, 2.24) is 0 Å². The van der Waals surface area contributed by atoms with Gasteiger partial charge in [-0.1, -0.05) is 23.7 Å². The van der Waals surface area contributed by atoms with Gasteiger partial charge in [0.05, 0.1) is 33.5 Å². The zero-order valence-corrected chi connectivity index (χ0v) is 25.8. The maximum atomic E-state index is 15.1. The van der Waals surface area contributed by atoms with E-state index in [1.54, 1.807) is 6.08 Å². The van der Waals surface area contributed by atoms with E-state index < -0.39 is 80.6 Å². The van der Waals surface area contributed by atoms with Gasteiger partial charge in [0.15, 0.2) is 5.82 Å². The molecule has 2 amide bonds. The number of nitrogens with one attached hydrogen (secondary N) is 2. The topological polar surface area (TPSA) is 75.3 Å². The Balaban J connectivity index is 1.49. The zero-order valence-electron chi connectivity index (χ0n) is 22.7. The molecule has 0 bridgehead atoms. The van der Waals surface area contributed by atoms with E-state index in [9.17, 15) is 36.3 Å². The van der Waals surface area contributed by atoms with E-state index in [1.807, 2.05) is 0 Å². The van der Waals surface area contributed by atoms with Gasteiger partial charge in [-0.3, -0.25) is 14.4 Å². The van der Waals surface area contributed by atoms with Crippen LogP contribution in [0.15, 0.2) is 61.2 Å². The fourth-order valence-electron chi connectivity index (χ4n) is 4.57. The van der Waals surface area contributed by atoms with Crippen LogP contribution in [-0.2, 0) is 22.2 Å². The molecular formula is C30H21Cl3F6N2O3S. The van der Waals surface area contributed by atoms with E-state index in [1.165, 1.54) is 23.9 Å².